The number of hydrogen-bond acceptors (Lipinski definition) is 5. The molecule has 215 valence electrons. The fraction of sp³-hybridized carbons (Fsp3) is 0.324. The SMILES string of the molecule is CC(=O)O.CC1(C)C2C[C@H]1CCC2(CN=Cc1ccc2ccccc2c1O)N=Cc1ccc2ccccc2c1O.[Co]. The van der Waals surface area contributed by atoms with Gasteiger partial charge in [-0.15, -0.1) is 0 Å². The summed E-state index contributed by atoms with van der Waals surface area (Å²) >= 11 is 0. The van der Waals surface area contributed by atoms with Crippen LogP contribution < -0.4 is 0 Å². The van der Waals surface area contributed by atoms with Crippen molar-refractivity contribution in [2.45, 2.75) is 45.6 Å². The van der Waals surface area contributed by atoms with Gasteiger partial charge in [-0.3, -0.25) is 14.8 Å². The molecule has 41 heavy (non-hydrogen) atoms. The normalized spacial score (nSPS) is 22.6. The van der Waals surface area contributed by atoms with E-state index >= 15 is 0 Å². The van der Waals surface area contributed by atoms with E-state index in [1.54, 1.807) is 6.21 Å². The smallest absolute Gasteiger partial charge is 0.300 e. The Kier molecular flexibility index (Phi) is 8.90. The molecule has 4 aromatic rings. The van der Waals surface area contributed by atoms with Gasteiger partial charge in [0, 0.05) is 58.0 Å². The van der Waals surface area contributed by atoms with E-state index < -0.39 is 5.97 Å². The molecule has 3 aliphatic rings. The Morgan fingerprint density at radius 2 is 1.39 bits per heavy atom. The van der Waals surface area contributed by atoms with Crippen LogP contribution in [-0.2, 0) is 21.6 Å². The number of benzene rings is 4. The molecular weight excluding hydrogens is 559 g/mol. The summed E-state index contributed by atoms with van der Waals surface area (Å²) in [6.07, 6.45) is 6.95. The van der Waals surface area contributed by atoms with E-state index in [0.29, 0.717) is 12.5 Å². The van der Waals surface area contributed by atoms with Crippen LogP contribution in [0.25, 0.3) is 21.5 Å². The number of carboxylic acids is 1. The Morgan fingerprint density at radius 3 is 1.90 bits per heavy atom. The van der Waals surface area contributed by atoms with Gasteiger partial charge >= 0.3 is 0 Å². The van der Waals surface area contributed by atoms with Crippen molar-refractivity contribution in [1.82, 2.24) is 0 Å². The van der Waals surface area contributed by atoms with E-state index in [-0.39, 0.29) is 39.2 Å². The number of phenols is 2. The van der Waals surface area contributed by atoms with Crippen molar-refractivity contribution in [2.24, 2.45) is 27.2 Å². The standard InChI is InChI=1S/C32H32N2O2.C2H4O2.Co/c1-31(2)25-15-16-32(28(31)17-25,34-19-24-14-12-22-8-4-6-10-27(22)30(24)36)20-33-18-23-13-11-21-7-3-5-9-26(21)29(23)35;1-2(3)4;/h3-14,18-19,25,28,35-36H,15-17,20H2,1-2H3;1H3,(H,3,4);/t25-,28?,32?;;/m1../s1. The first-order valence-corrected chi connectivity index (χ1v) is 13.8. The molecular formula is C34H36CoN2O4. The number of aliphatic imine (C=N–C) groups is 2. The largest absolute Gasteiger partial charge is 0.507 e. The van der Waals surface area contributed by atoms with Gasteiger partial charge in [-0.25, -0.2) is 0 Å². The minimum Gasteiger partial charge on any atom is -0.507 e. The molecule has 0 saturated heterocycles. The third-order valence-corrected chi connectivity index (χ3v) is 8.96. The molecule has 3 aliphatic carbocycles. The topological polar surface area (TPSA) is 102 Å². The molecule has 1 radical (unpaired) electrons. The van der Waals surface area contributed by atoms with Gasteiger partial charge in [0.2, 0.25) is 0 Å². The third kappa shape index (κ3) is 5.88. The molecule has 0 aromatic heterocycles. The molecule has 0 amide bonds. The minimum absolute atomic E-state index is 0. The van der Waals surface area contributed by atoms with Crippen LogP contribution in [0.3, 0.4) is 0 Å². The second-order valence-electron chi connectivity index (χ2n) is 11.6. The van der Waals surface area contributed by atoms with Crippen LogP contribution in [0.2, 0.25) is 0 Å². The molecule has 6 nitrogen and oxygen atoms in total. The molecule has 7 rings (SSSR count). The first kappa shape index (κ1) is 30.3. The Bertz CT molecular complexity index is 1620. The van der Waals surface area contributed by atoms with Gasteiger partial charge in [0.15, 0.2) is 0 Å². The summed E-state index contributed by atoms with van der Waals surface area (Å²) in [6.45, 7) is 6.37. The van der Waals surface area contributed by atoms with Gasteiger partial charge in [0.25, 0.3) is 5.97 Å². The predicted molar refractivity (Wildman–Crippen MR) is 162 cm³/mol. The predicted octanol–water partition coefficient (Wildman–Crippen LogP) is 7.23. The Labute approximate surface area is 251 Å². The van der Waals surface area contributed by atoms with Crippen molar-refractivity contribution in [1.29, 1.82) is 0 Å². The number of carbonyl (C=O) groups is 1. The minimum atomic E-state index is -0.833. The van der Waals surface area contributed by atoms with Gasteiger partial charge in [0.05, 0.1) is 12.1 Å². The number of fused-ring (bicyclic) bond motifs is 4. The number of hydrogen-bond donors (Lipinski definition) is 3. The zero-order valence-corrected chi connectivity index (χ0v) is 24.6. The molecule has 4 aromatic carbocycles. The van der Waals surface area contributed by atoms with E-state index in [0.717, 1.165) is 58.4 Å². The number of aromatic hydroxyl groups is 2. The fourth-order valence-corrected chi connectivity index (χ4v) is 6.65. The molecule has 3 fully saturated rings. The Hall–Kier alpha value is -3.68. The van der Waals surface area contributed by atoms with Gasteiger partial charge in [-0.1, -0.05) is 74.5 Å². The summed E-state index contributed by atoms with van der Waals surface area (Å²) in [4.78, 5) is 19.1. The van der Waals surface area contributed by atoms with Crippen LogP contribution in [-0.4, -0.2) is 45.8 Å². The van der Waals surface area contributed by atoms with Gasteiger partial charge < -0.3 is 15.3 Å². The maximum absolute atomic E-state index is 10.9. The van der Waals surface area contributed by atoms with Crippen molar-refractivity contribution in [2.75, 3.05) is 6.54 Å². The Balaban J connectivity index is 0.000000729. The first-order valence-electron chi connectivity index (χ1n) is 13.8. The van der Waals surface area contributed by atoms with E-state index in [4.69, 9.17) is 19.9 Å². The zero-order chi connectivity index (χ0) is 28.5. The molecule has 3 atom stereocenters. The first-order chi connectivity index (χ1) is 19.1. The number of aliphatic carboxylic acids is 1. The van der Waals surface area contributed by atoms with Crippen LogP contribution >= 0.6 is 0 Å². The van der Waals surface area contributed by atoms with Crippen LogP contribution in [0, 0.1) is 17.3 Å². The number of nitrogens with zero attached hydrogens (tertiary/aromatic N) is 2. The van der Waals surface area contributed by atoms with Gasteiger partial charge in [-0.05, 0) is 59.4 Å². The summed E-state index contributed by atoms with van der Waals surface area (Å²) in [5, 5.41) is 32.9. The fourth-order valence-electron chi connectivity index (χ4n) is 6.65. The maximum atomic E-state index is 10.9. The summed E-state index contributed by atoms with van der Waals surface area (Å²) in [5.41, 5.74) is 1.37. The summed E-state index contributed by atoms with van der Waals surface area (Å²) in [7, 11) is 0. The molecule has 3 N–H and O–H groups in total. The van der Waals surface area contributed by atoms with E-state index in [1.165, 1.54) is 6.42 Å². The monoisotopic (exact) mass is 595 g/mol. The second kappa shape index (κ2) is 12.0. The molecule has 0 heterocycles. The van der Waals surface area contributed by atoms with Gasteiger partial charge in [0.1, 0.15) is 11.5 Å². The van der Waals surface area contributed by atoms with Crippen LogP contribution in [0.5, 0.6) is 11.5 Å². The quantitative estimate of drug-likeness (QED) is 0.212. The van der Waals surface area contributed by atoms with Crippen molar-refractivity contribution in [3.05, 3.63) is 83.9 Å². The summed E-state index contributed by atoms with van der Waals surface area (Å²) < 4.78 is 0. The molecule has 3 saturated carbocycles. The molecule has 2 bridgehead atoms. The van der Waals surface area contributed by atoms with Crippen molar-refractivity contribution in [3.8, 4) is 11.5 Å². The third-order valence-electron chi connectivity index (χ3n) is 8.96. The maximum Gasteiger partial charge on any atom is 0.300 e. The average Bonchev–Trinajstić information content (AvgIpc) is 2.94. The second-order valence-corrected chi connectivity index (χ2v) is 11.6. The molecule has 2 unspecified atom stereocenters. The number of carboxylic acid groups (broad SMARTS) is 1. The van der Waals surface area contributed by atoms with E-state index in [1.807, 2.05) is 79.0 Å². The van der Waals surface area contributed by atoms with Crippen molar-refractivity contribution < 1.29 is 36.9 Å². The molecule has 7 heteroatoms. The van der Waals surface area contributed by atoms with Crippen LogP contribution in [0.15, 0.2) is 82.8 Å². The van der Waals surface area contributed by atoms with Crippen molar-refractivity contribution in [3.63, 3.8) is 0 Å². The van der Waals surface area contributed by atoms with Crippen LogP contribution in [0.4, 0.5) is 0 Å². The van der Waals surface area contributed by atoms with E-state index in [2.05, 4.69) is 13.8 Å². The zero-order valence-electron chi connectivity index (χ0n) is 23.5. The van der Waals surface area contributed by atoms with Crippen molar-refractivity contribution >= 4 is 39.9 Å². The molecule has 0 spiro atoms. The van der Waals surface area contributed by atoms with Gasteiger partial charge in [-0.2, -0.15) is 0 Å². The summed E-state index contributed by atoms with van der Waals surface area (Å²) in [6, 6.07) is 23.6. The number of rotatable bonds is 5. The van der Waals surface area contributed by atoms with Crippen LogP contribution in [0.1, 0.15) is 51.2 Å². The summed E-state index contributed by atoms with van der Waals surface area (Å²) in [5.74, 6) is 0.889. The van der Waals surface area contributed by atoms with E-state index in [9.17, 15) is 10.2 Å². The Morgan fingerprint density at radius 1 is 0.878 bits per heavy atom. The average molecular weight is 596 g/mol. The number of phenolic OH excluding ortho intramolecular Hbond substituents is 2. The molecule has 0 aliphatic heterocycles.